The number of para-hydroxylation sites is 1. The second-order valence-electron chi connectivity index (χ2n) is 6.15. The smallest absolute Gasteiger partial charge is 0.235 e. The van der Waals surface area contributed by atoms with Crippen LogP contribution >= 0.6 is 0 Å². The van der Waals surface area contributed by atoms with Crippen LogP contribution in [0, 0.1) is 5.41 Å². The first-order valence-electron chi connectivity index (χ1n) is 7.87. The Balaban J connectivity index is 1.50. The number of rotatable bonds is 7. The van der Waals surface area contributed by atoms with Crippen LogP contribution in [0.3, 0.4) is 0 Å². The molecule has 0 aliphatic heterocycles. The highest BCUT2D eigenvalue weighted by Crippen LogP contribution is 2.46. The summed E-state index contributed by atoms with van der Waals surface area (Å²) in [5, 5.41) is 5.85. The van der Waals surface area contributed by atoms with E-state index in [2.05, 4.69) is 10.6 Å². The Morgan fingerprint density at radius 2 is 1.95 bits per heavy atom. The van der Waals surface area contributed by atoms with Crippen LogP contribution in [-0.4, -0.2) is 31.5 Å². The molecule has 2 aliphatic carbocycles. The number of hydrogen-bond donors (Lipinski definition) is 2. The third-order valence-corrected chi connectivity index (χ3v) is 4.40. The minimum absolute atomic E-state index is 0.0928. The molecule has 0 saturated heterocycles. The molecule has 2 fully saturated rings. The van der Waals surface area contributed by atoms with Gasteiger partial charge < -0.3 is 15.4 Å². The summed E-state index contributed by atoms with van der Waals surface area (Å²) in [5.74, 6) is 0.592. The minimum atomic E-state index is -0.802. The summed E-state index contributed by atoms with van der Waals surface area (Å²) in [5.41, 5.74) is 0.251. The maximum Gasteiger partial charge on any atom is 0.235 e. The third kappa shape index (κ3) is 3.08. The summed E-state index contributed by atoms with van der Waals surface area (Å²) in [6.07, 6.45) is 4.09. The van der Waals surface area contributed by atoms with Crippen LogP contribution in [0.2, 0.25) is 0 Å². The van der Waals surface area contributed by atoms with Crippen molar-refractivity contribution in [3.63, 3.8) is 0 Å². The van der Waals surface area contributed by atoms with E-state index in [9.17, 15) is 9.59 Å². The van der Waals surface area contributed by atoms with Crippen molar-refractivity contribution < 1.29 is 14.3 Å². The number of hydrogen-bond acceptors (Lipinski definition) is 3. The maximum absolute atomic E-state index is 12.3. The van der Waals surface area contributed by atoms with Crippen molar-refractivity contribution in [2.24, 2.45) is 5.41 Å². The Bertz CT molecular complexity index is 577. The summed E-state index contributed by atoms with van der Waals surface area (Å²) in [6, 6.07) is 8.06. The van der Waals surface area contributed by atoms with Crippen molar-refractivity contribution >= 4 is 11.8 Å². The van der Waals surface area contributed by atoms with Gasteiger partial charge in [-0.25, -0.2) is 0 Å². The van der Waals surface area contributed by atoms with E-state index in [0.717, 1.165) is 24.2 Å². The molecule has 2 N–H and O–H groups in total. The quantitative estimate of drug-likeness (QED) is 0.748. The number of benzene rings is 1. The first-order chi connectivity index (χ1) is 10.7. The van der Waals surface area contributed by atoms with E-state index in [1.807, 2.05) is 24.3 Å². The molecule has 3 rings (SSSR count). The van der Waals surface area contributed by atoms with E-state index in [0.29, 0.717) is 31.8 Å². The molecule has 0 bridgehead atoms. The van der Waals surface area contributed by atoms with Crippen LogP contribution in [-0.2, 0) is 16.0 Å². The van der Waals surface area contributed by atoms with E-state index in [4.69, 9.17) is 4.74 Å². The molecule has 1 aromatic carbocycles. The third-order valence-electron chi connectivity index (χ3n) is 4.40. The average Bonchev–Trinajstić information content (AvgIpc) is 3.41. The molecule has 0 spiro atoms. The molecule has 22 heavy (non-hydrogen) atoms. The zero-order valence-corrected chi connectivity index (χ0v) is 12.9. The predicted octanol–water partition coefficient (Wildman–Crippen LogP) is 1.41. The number of carbonyl (C=O) groups excluding carboxylic acids is 2. The Morgan fingerprint density at radius 1 is 1.23 bits per heavy atom. The summed E-state index contributed by atoms with van der Waals surface area (Å²) >= 11 is 0. The van der Waals surface area contributed by atoms with E-state index in [1.165, 1.54) is 0 Å². The van der Waals surface area contributed by atoms with Crippen molar-refractivity contribution in [1.29, 1.82) is 0 Å². The van der Waals surface area contributed by atoms with Crippen molar-refractivity contribution in [3.8, 4) is 5.75 Å². The molecule has 0 aromatic heterocycles. The maximum atomic E-state index is 12.3. The van der Waals surface area contributed by atoms with Crippen LogP contribution < -0.4 is 15.4 Å². The van der Waals surface area contributed by atoms with Gasteiger partial charge in [-0.05, 0) is 43.7 Å². The van der Waals surface area contributed by atoms with Crippen molar-refractivity contribution in [2.45, 2.75) is 38.1 Å². The summed E-state index contributed by atoms with van der Waals surface area (Å²) in [4.78, 5) is 24.5. The Morgan fingerprint density at radius 3 is 2.59 bits per heavy atom. The molecule has 5 heteroatoms. The van der Waals surface area contributed by atoms with Crippen LogP contribution in [0.15, 0.2) is 24.3 Å². The van der Waals surface area contributed by atoms with E-state index < -0.39 is 5.41 Å². The fourth-order valence-electron chi connectivity index (χ4n) is 2.62. The molecule has 2 amide bonds. The average molecular weight is 302 g/mol. The molecule has 2 saturated carbocycles. The van der Waals surface area contributed by atoms with Crippen LogP contribution in [0.4, 0.5) is 0 Å². The summed E-state index contributed by atoms with van der Waals surface area (Å²) in [6.45, 7) is 0.512. The zero-order valence-electron chi connectivity index (χ0n) is 12.9. The van der Waals surface area contributed by atoms with Gasteiger partial charge in [0, 0.05) is 12.6 Å². The van der Waals surface area contributed by atoms with Gasteiger partial charge in [-0.2, -0.15) is 0 Å². The molecule has 0 unspecified atom stereocenters. The van der Waals surface area contributed by atoms with Crippen molar-refractivity contribution in [3.05, 3.63) is 29.8 Å². The number of methoxy groups -OCH3 is 1. The summed E-state index contributed by atoms with van der Waals surface area (Å²) in [7, 11) is 1.64. The normalized spacial score (nSPS) is 18.4. The number of ether oxygens (including phenoxy) is 1. The molecule has 0 heterocycles. The Kier molecular flexibility index (Phi) is 4.05. The molecule has 0 radical (unpaired) electrons. The first kappa shape index (κ1) is 14.9. The van der Waals surface area contributed by atoms with Gasteiger partial charge in [0.25, 0.3) is 0 Å². The second kappa shape index (κ2) is 5.99. The Labute approximate surface area is 130 Å². The highest BCUT2D eigenvalue weighted by molar-refractivity contribution is 6.08. The molecule has 0 atom stereocenters. The lowest BCUT2D eigenvalue weighted by Gasteiger charge is -2.15. The first-order valence-corrected chi connectivity index (χ1v) is 7.87. The molecular weight excluding hydrogens is 280 g/mol. The fourth-order valence-corrected chi connectivity index (χ4v) is 2.62. The van der Waals surface area contributed by atoms with Gasteiger partial charge in [-0.15, -0.1) is 0 Å². The van der Waals surface area contributed by atoms with E-state index in [1.54, 1.807) is 7.11 Å². The SMILES string of the molecule is COc1ccccc1CCNC(=O)C1(C(=O)NC2CC2)CC1. The molecule has 5 nitrogen and oxygen atoms in total. The number of carbonyl (C=O) groups is 2. The lowest BCUT2D eigenvalue weighted by Crippen LogP contribution is -2.44. The van der Waals surface area contributed by atoms with Crippen LogP contribution in [0.25, 0.3) is 0 Å². The van der Waals surface area contributed by atoms with Gasteiger partial charge in [-0.1, -0.05) is 18.2 Å². The van der Waals surface area contributed by atoms with Crippen molar-refractivity contribution in [1.82, 2.24) is 10.6 Å². The second-order valence-corrected chi connectivity index (χ2v) is 6.15. The fraction of sp³-hybridized carbons (Fsp3) is 0.529. The lowest BCUT2D eigenvalue weighted by atomic mass is 10.0. The van der Waals surface area contributed by atoms with Crippen LogP contribution in [0.5, 0.6) is 5.75 Å². The van der Waals surface area contributed by atoms with Gasteiger partial charge >= 0.3 is 0 Å². The van der Waals surface area contributed by atoms with Crippen molar-refractivity contribution in [2.75, 3.05) is 13.7 Å². The highest BCUT2D eigenvalue weighted by atomic mass is 16.5. The molecular formula is C17H22N2O3. The Hall–Kier alpha value is -2.04. The molecule has 2 aliphatic rings. The number of amides is 2. The summed E-state index contributed by atoms with van der Waals surface area (Å²) < 4.78 is 5.29. The monoisotopic (exact) mass is 302 g/mol. The largest absolute Gasteiger partial charge is 0.496 e. The van der Waals surface area contributed by atoms with Gasteiger partial charge in [-0.3, -0.25) is 9.59 Å². The van der Waals surface area contributed by atoms with Gasteiger partial charge in [0.05, 0.1) is 7.11 Å². The van der Waals surface area contributed by atoms with Gasteiger partial charge in [0.1, 0.15) is 11.2 Å². The minimum Gasteiger partial charge on any atom is -0.496 e. The number of nitrogens with one attached hydrogen (secondary N) is 2. The van der Waals surface area contributed by atoms with E-state index in [-0.39, 0.29) is 11.8 Å². The standard InChI is InChI=1S/C17H22N2O3/c1-22-14-5-3-2-4-12(14)8-11-18-15(20)17(9-10-17)16(21)19-13-6-7-13/h2-5,13H,6-11H2,1H3,(H,18,20)(H,19,21). The molecule has 1 aromatic rings. The lowest BCUT2D eigenvalue weighted by molar-refractivity contribution is -0.137. The topological polar surface area (TPSA) is 67.4 Å². The van der Waals surface area contributed by atoms with Gasteiger partial charge in [0.2, 0.25) is 11.8 Å². The van der Waals surface area contributed by atoms with Crippen LogP contribution in [0.1, 0.15) is 31.2 Å². The van der Waals surface area contributed by atoms with Gasteiger partial charge in [0.15, 0.2) is 0 Å². The van der Waals surface area contributed by atoms with E-state index >= 15 is 0 Å². The zero-order chi connectivity index (χ0) is 15.6. The highest BCUT2D eigenvalue weighted by Gasteiger charge is 2.57. The molecule has 118 valence electrons. The predicted molar refractivity (Wildman–Crippen MR) is 82.5 cm³/mol.